The summed E-state index contributed by atoms with van der Waals surface area (Å²) in [6, 6.07) is 6.26. The van der Waals surface area contributed by atoms with E-state index in [1.54, 1.807) is 18.2 Å². The van der Waals surface area contributed by atoms with Crippen molar-refractivity contribution in [3.63, 3.8) is 0 Å². The Bertz CT molecular complexity index is 562. The molecule has 0 radical (unpaired) electrons. The molecule has 1 aromatic carbocycles. The van der Waals surface area contributed by atoms with Crippen LogP contribution >= 0.6 is 0 Å². The van der Waals surface area contributed by atoms with Gasteiger partial charge in [-0.1, -0.05) is 18.2 Å². The summed E-state index contributed by atoms with van der Waals surface area (Å²) in [6.07, 6.45) is 0. The van der Waals surface area contributed by atoms with Crippen molar-refractivity contribution in [3.8, 4) is 0 Å². The smallest absolute Gasteiger partial charge is 0.239 e. The molecule has 0 saturated carbocycles. The zero-order valence-electron chi connectivity index (χ0n) is 14.0. The number of carbonyl (C=O) groups is 2. The van der Waals surface area contributed by atoms with Gasteiger partial charge in [0.25, 0.3) is 0 Å². The van der Waals surface area contributed by atoms with Gasteiger partial charge in [0.2, 0.25) is 11.8 Å². The van der Waals surface area contributed by atoms with Crippen molar-refractivity contribution in [3.05, 3.63) is 35.6 Å². The highest BCUT2D eigenvalue weighted by molar-refractivity contribution is 5.83. The van der Waals surface area contributed by atoms with Gasteiger partial charge >= 0.3 is 0 Å². The molecule has 0 aliphatic carbocycles. The maximum absolute atomic E-state index is 13.7. The van der Waals surface area contributed by atoms with Crippen LogP contribution in [-0.2, 0) is 20.9 Å². The number of hydrogen-bond donors (Lipinski definition) is 1. The molecule has 1 aromatic rings. The Morgan fingerprint density at radius 2 is 2.00 bits per heavy atom. The van der Waals surface area contributed by atoms with Gasteiger partial charge < -0.3 is 15.0 Å². The Morgan fingerprint density at radius 3 is 2.67 bits per heavy atom. The van der Waals surface area contributed by atoms with Crippen molar-refractivity contribution in [1.82, 2.24) is 15.1 Å². The SMILES string of the molecule is CC(=O)N(CC(=O)NCCN1CCOCC1)Cc1ccccc1F. The fourth-order valence-electron chi connectivity index (χ4n) is 2.52. The predicted molar refractivity (Wildman–Crippen MR) is 87.8 cm³/mol. The number of rotatable bonds is 7. The van der Waals surface area contributed by atoms with Crippen LogP contribution in [0.5, 0.6) is 0 Å². The van der Waals surface area contributed by atoms with Gasteiger partial charge in [-0.05, 0) is 6.07 Å². The van der Waals surface area contributed by atoms with E-state index < -0.39 is 0 Å². The minimum Gasteiger partial charge on any atom is -0.379 e. The van der Waals surface area contributed by atoms with Crippen molar-refractivity contribution in [2.24, 2.45) is 0 Å². The summed E-state index contributed by atoms with van der Waals surface area (Å²) in [5.74, 6) is -0.882. The van der Waals surface area contributed by atoms with Gasteiger partial charge in [0.1, 0.15) is 5.82 Å². The lowest BCUT2D eigenvalue weighted by Crippen LogP contribution is -2.44. The van der Waals surface area contributed by atoms with Crippen LogP contribution in [-0.4, -0.2) is 67.6 Å². The van der Waals surface area contributed by atoms with E-state index in [0.717, 1.165) is 19.6 Å². The maximum Gasteiger partial charge on any atom is 0.239 e. The number of nitrogens with one attached hydrogen (secondary N) is 1. The first-order valence-electron chi connectivity index (χ1n) is 8.12. The molecule has 132 valence electrons. The fraction of sp³-hybridized carbons (Fsp3) is 0.529. The molecule has 1 fully saturated rings. The standard InChI is InChI=1S/C17H24FN3O3/c1-14(22)21(12-15-4-2-3-5-16(15)18)13-17(23)19-6-7-20-8-10-24-11-9-20/h2-5H,6-13H2,1H3,(H,19,23). The van der Waals surface area contributed by atoms with E-state index in [1.165, 1.54) is 17.9 Å². The summed E-state index contributed by atoms with van der Waals surface area (Å²) < 4.78 is 19.0. The normalized spacial score (nSPS) is 15.1. The third-order valence-corrected chi connectivity index (χ3v) is 3.95. The molecular weight excluding hydrogens is 313 g/mol. The number of carbonyl (C=O) groups excluding carboxylic acids is 2. The first-order valence-corrected chi connectivity index (χ1v) is 8.12. The van der Waals surface area contributed by atoms with Crippen LogP contribution in [0.2, 0.25) is 0 Å². The van der Waals surface area contributed by atoms with E-state index >= 15 is 0 Å². The molecule has 0 aromatic heterocycles. The quantitative estimate of drug-likeness (QED) is 0.792. The van der Waals surface area contributed by atoms with E-state index in [4.69, 9.17) is 4.74 Å². The Balaban J connectivity index is 1.78. The molecule has 0 spiro atoms. The van der Waals surface area contributed by atoms with E-state index in [2.05, 4.69) is 10.2 Å². The first-order chi connectivity index (χ1) is 11.6. The highest BCUT2D eigenvalue weighted by Crippen LogP contribution is 2.10. The Morgan fingerprint density at radius 1 is 1.29 bits per heavy atom. The van der Waals surface area contributed by atoms with E-state index in [9.17, 15) is 14.0 Å². The minimum absolute atomic E-state index is 0.0766. The van der Waals surface area contributed by atoms with Crippen LogP contribution in [0.3, 0.4) is 0 Å². The average Bonchev–Trinajstić information content (AvgIpc) is 2.57. The molecule has 1 heterocycles. The van der Waals surface area contributed by atoms with Crippen LogP contribution in [0.4, 0.5) is 4.39 Å². The maximum atomic E-state index is 13.7. The van der Waals surface area contributed by atoms with Gasteiger partial charge in [0.05, 0.1) is 19.8 Å². The molecule has 0 bridgehead atoms. The largest absolute Gasteiger partial charge is 0.379 e. The molecule has 2 rings (SSSR count). The second kappa shape index (κ2) is 9.34. The second-order valence-electron chi connectivity index (χ2n) is 5.77. The second-order valence-corrected chi connectivity index (χ2v) is 5.77. The topological polar surface area (TPSA) is 61.9 Å². The number of amides is 2. The highest BCUT2D eigenvalue weighted by atomic mass is 19.1. The van der Waals surface area contributed by atoms with Gasteiger partial charge in [0.15, 0.2) is 0 Å². The van der Waals surface area contributed by atoms with Crippen LogP contribution < -0.4 is 5.32 Å². The van der Waals surface area contributed by atoms with Crippen LogP contribution in [0, 0.1) is 5.82 Å². The summed E-state index contributed by atoms with van der Waals surface area (Å²) in [7, 11) is 0. The monoisotopic (exact) mass is 337 g/mol. The van der Waals surface area contributed by atoms with E-state index in [0.29, 0.717) is 25.3 Å². The number of morpholine rings is 1. The molecule has 1 aliphatic heterocycles. The van der Waals surface area contributed by atoms with E-state index in [-0.39, 0.29) is 30.7 Å². The van der Waals surface area contributed by atoms with Crippen molar-refractivity contribution in [1.29, 1.82) is 0 Å². The molecule has 2 amide bonds. The number of halogens is 1. The Hall–Kier alpha value is -1.99. The summed E-state index contributed by atoms with van der Waals surface area (Å²) in [5.41, 5.74) is 0.397. The third kappa shape index (κ3) is 5.90. The fourth-order valence-corrected chi connectivity index (χ4v) is 2.52. The minimum atomic E-state index is -0.378. The van der Waals surface area contributed by atoms with Gasteiger partial charge in [-0.15, -0.1) is 0 Å². The zero-order chi connectivity index (χ0) is 17.4. The number of hydrogen-bond acceptors (Lipinski definition) is 4. The highest BCUT2D eigenvalue weighted by Gasteiger charge is 2.16. The van der Waals surface area contributed by atoms with Gasteiger partial charge in [0, 0.05) is 45.2 Å². The van der Waals surface area contributed by atoms with E-state index in [1.807, 2.05) is 0 Å². The lowest BCUT2D eigenvalue weighted by Gasteiger charge is -2.26. The van der Waals surface area contributed by atoms with Crippen LogP contribution in [0.15, 0.2) is 24.3 Å². The third-order valence-electron chi connectivity index (χ3n) is 3.95. The molecule has 1 saturated heterocycles. The lowest BCUT2D eigenvalue weighted by molar-refractivity contribution is -0.135. The summed E-state index contributed by atoms with van der Waals surface area (Å²) in [4.78, 5) is 27.3. The molecule has 6 nitrogen and oxygen atoms in total. The molecular formula is C17H24FN3O3. The summed E-state index contributed by atoms with van der Waals surface area (Å²) >= 11 is 0. The van der Waals surface area contributed by atoms with Gasteiger partial charge in [-0.2, -0.15) is 0 Å². The number of ether oxygens (including phenoxy) is 1. The van der Waals surface area contributed by atoms with Crippen molar-refractivity contribution in [2.45, 2.75) is 13.5 Å². The zero-order valence-corrected chi connectivity index (χ0v) is 14.0. The molecule has 1 N–H and O–H groups in total. The molecule has 0 unspecified atom stereocenters. The molecule has 24 heavy (non-hydrogen) atoms. The van der Waals surface area contributed by atoms with Crippen molar-refractivity contribution >= 4 is 11.8 Å². The summed E-state index contributed by atoms with van der Waals surface area (Å²) in [5, 5.41) is 2.81. The van der Waals surface area contributed by atoms with Crippen molar-refractivity contribution < 1.29 is 18.7 Å². The van der Waals surface area contributed by atoms with Gasteiger partial charge in [-0.3, -0.25) is 14.5 Å². The Labute approximate surface area is 141 Å². The summed E-state index contributed by atoms with van der Waals surface area (Å²) in [6.45, 7) is 5.81. The van der Waals surface area contributed by atoms with Gasteiger partial charge in [-0.25, -0.2) is 4.39 Å². The molecule has 0 atom stereocenters. The first kappa shape index (κ1) is 18.4. The number of benzene rings is 1. The van der Waals surface area contributed by atoms with Crippen LogP contribution in [0.25, 0.3) is 0 Å². The lowest BCUT2D eigenvalue weighted by atomic mass is 10.2. The van der Waals surface area contributed by atoms with Crippen LogP contribution in [0.1, 0.15) is 12.5 Å². The molecule has 1 aliphatic rings. The Kier molecular flexibility index (Phi) is 7.14. The predicted octanol–water partition coefficient (Wildman–Crippen LogP) is 0.623. The average molecular weight is 337 g/mol. The molecule has 7 heteroatoms. The van der Waals surface area contributed by atoms with Crippen molar-refractivity contribution in [2.75, 3.05) is 45.9 Å². The number of nitrogens with zero attached hydrogens (tertiary/aromatic N) is 2.